The second-order valence-electron chi connectivity index (χ2n) is 4.94. The molecule has 1 atom stereocenters. The fourth-order valence-electron chi connectivity index (χ4n) is 1.79. The van der Waals surface area contributed by atoms with E-state index < -0.39 is 16.9 Å². The van der Waals surface area contributed by atoms with Crippen LogP contribution in [0.2, 0.25) is 0 Å². The maximum Gasteiger partial charge on any atom is 0.326 e. The van der Waals surface area contributed by atoms with Crippen LogP contribution in [0, 0.1) is 17.0 Å². The summed E-state index contributed by atoms with van der Waals surface area (Å²) in [4.78, 5) is 22.1. The summed E-state index contributed by atoms with van der Waals surface area (Å²) >= 11 is 0. The number of methoxy groups -OCH3 is 1. The molecule has 7 heteroatoms. The van der Waals surface area contributed by atoms with Gasteiger partial charge in [-0.25, -0.2) is 0 Å². The Kier molecular flexibility index (Phi) is 6.10. The molecule has 0 radical (unpaired) electrons. The minimum Gasteiger partial charge on any atom is -0.485 e. The topological polar surface area (TPSA) is 90.7 Å². The van der Waals surface area contributed by atoms with Crippen molar-refractivity contribution in [3.05, 3.63) is 33.9 Å². The number of nitro groups is 1. The van der Waals surface area contributed by atoms with E-state index in [0.717, 1.165) is 5.56 Å². The molecule has 0 saturated carbocycles. The minimum absolute atomic E-state index is 0.0465. The molecule has 7 nitrogen and oxygen atoms in total. The van der Waals surface area contributed by atoms with Gasteiger partial charge in [0.2, 0.25) is 0 Å². The Bertz CT molecular complexity index is 516. The van der Waals surface area contributed by atoms with Gasteiger partial charge < -0.3 is 9.47 Å². The minimum atomic E-state index is -0.685. The van der Waals surface area contributed by atoms with E-state index in [0.29, 0.717) is 0 Å². The molecule has 0 aliphatic carbocycles. The van der Waals surface area contributed by atoms with Crippen LogP contribution >= 0.6 is 0 Å². The van der Waals surface area contributed by atoms with E-state index in [1.807, 2.05) is 13.8 Å². The molecule has 0 aliphatic heterocycles. The number of hydrogen-bond donors (Lipinski definition) is 1. The van der Waals surface area contributed by atoms with Crippen LogP contribution in [0.3, 0.4) is 0 Å². The van der Waals surface area contributed by atoms with E-state index in [2.05, 4.69) is 10.1 Å². The molecular weight excluding hydrogens is 276 g/mol. The summed E-state index contributed by atoms with van der Waals surface area (Å²) < 4.78 is 10.1. The standard InChI is InChI=1S/C14H20N2O5/c1-9(2)15-11(14(17)20-4)8-21-13-7-10(3)5-6-12(13)16(18)19/h5-7,9,11,15H,8H2,1-4H3. The number of hydrogen-bond acceptors (Lipinski definition) is 6. The van der Waals surface area contributed by atoms with Crippen molar-refractivity contribution in [3.63, 3.8) is 0 Å². The van der Waals surface area contributed by atoms with Gasteiger partial charge in [-0.2, -0.15) is 0 Å². The van der Waals surface area contributed by atoms with E-state index in [4.69, 9.17) is 4.74 Å². The Morgan fingerprint density at radius 2 is 2.10 bits per heavy atom. The van der Waals surface area contributed by atoms with Crippen molar-refractivity contribution in [1.82, 2.24) is 5.32 Å². The average molecular weight is 296 g/mol. The highest BCUT2D eigenvalue weighted by molar-refractivity contribution is 5.75. The summed E-state index contributed by atoms with van der Waals surface area (Å²) in [6.07, 6.45) is 0. The summed E-state index contributed by atoms with van der Waals surface area (Å²) in [7, 11) is 1.28. The molecule has 1 N–H and O–H groups in total. The first kappa shape index (κ1) is 16.9. The molecule has 1 aromatic rings. The number of benzene rings is 1. The van der Waals surface area contributed by atoms with E-state index in [1.165, 1.54) is 13.2 Å². The quantitative estimate of drug-likeness (QED) is 0.469. The molecule has 1 unspecified atom stereocenters. The van der Waals surface area contributed by atoms with Gasteiger partial charge in [0.25, 0.3) is 0 Å². The predicted octanol–water partition coefficient (Wildman–Crippen LogP) is 1.82. The van der Waals surface area contributed by atoms with E-state index in [-0.39, 0.29) is 24.1 Å². The fraction of sp³-hybridized carbons (Fsp3) is 0.500. The number of nitrogens with zero attached hydrogens (tertiary/aromatic N) is 1. The fourth-order valence-corrected chi connectivity index (χ4v) is 1.79. The van der Waals surface area contributed by atoms with E-state index in [1.54, 1.807) is 19.1 Å². The molecule has 1 aromatic carbocycles. The Labute approximate surface area is 123 Å². The molecule has 0 aliphatic rings. The Morgan fingerprint density at radius 3 is 2.62 bits per heavy atom. The van der Waals surface area contributed by atoms with Gasteiger partial charge in [0.1, 0.15) is 12.6 Å². The molecule has 21 heavy (non-hydrogen) atoms. The number of carbonyl (C=O) groups excluding carboxylic acids is 1. The van der Waals surface area contributed by atoms with Gasteiger partial charge >= 0.3 is 11.7 Å². The molecule has 0 spiro atoms. The molecular formula is C14H20N2O5. The monoisotopic (exact) mass is 296 g/mol. The lowest BCUT2D eigenvalue weighted by Crippen LogP contribution is -2.45. The van der Waals surface area contributed by atoms with Gasteiger partial charge in [0.15, 0.2) is 5.75 Å². The van der Waals surface area contributed by atoms with Crippen molar-refractivity contribution in [3.8, 4) is 5.75 Å². The second kappa shape index (κ2) is 7.58. The summed E-state index contributed by atoms with van der Waals surface area (Å²) in [5.74, 6) is -0.335. The second-order valence-corrected chi connectivity index (χ2v) is 4.94. The smallest absolute Gasteiger partial charge is 0.326 e. The van der Waals surface area contributed by atoms with Gasteiger partial charge in [-0.1, -0.05) is 19.9 Å². The number of esters is 1. The highest BCUT2D eigenvalue weighted by Crippen LogP contribution is 2.27. The van der Waals surface area contributed by atoms with Crippen LogP contribution in [0.1, 0.15) is 19.4 Å². The SMILES string of the molecule is COC(=O)C(COc1cc(C)ccc1[N+](=O)[O-])NC(C)C. The normalized spacial score (nSPS) is 12.0. The summed E-state index contributed by atoms with van der Waals surface area (Å²) in [5, 5.41) is 14.0. The maximum atomic E-state index is 11.7. The van der Waals surface area contributed by atoms with Crippen LogP contribution in [0.25, 0.3) is 0 Å². The van der Waals surface area contributed by atoms with Crippen molar-refractivity contribution in [2.45, 2.75) is 32.9 Å². The van der Waals surface area contributed by atoms with Crippen molar-refractivity contribution in [2.75, 3.05) is 13.7 Å². The van der Waals surface area contributed by atoms with E-state index in [9.17, 15) is 14.9 Å². The molecule has 0 saturated heterocycles. The van der Waals surface area contributed by atoms with Crippen LogP contribution in [0.4, 0.5) is 5.69 Å². The van der Waals surface area contributed by atoms with Crippen LogP contribution in [-0.2, 0) is 9.53 Å². The molecule has 0 aromatic heterocycles. The van der Waals surface area contributed by atoms with Crippen molar-refractivity contribution < 1.29 is 19.2 Å². The van der Waals surface area contributed by atoms with Crippen LogP contribution in [0.5, 0.6) is 5.75 Å². The number of carbonyl (C=O) groups is 1. The van der Waals surface area contributed by atoms with Gasteiger partial charge in [0.05, 0.1) is 12.0 Å². The van der Waals surface area contributed by atoms with Gasteiger partial charge in [-0.3, -0.25) is 20.2 Å². The van der Waals surface area contributed by atoms with Crippen molar-refractivity contribution >= 4 is 11.7 Å². The molecule has 0 amide bonds. The zero-order chi connectivity index (χ0) is 16.0. The van der Waals surface area contributed by atoms with Crippen LogP contribution in [-0.4, -0.2) is 36.7 Å². The molecule has 116 valence electrons. The lowest BCUT2D eigenvalue weighted by Gasteiger charge is -2.19. The molecule has 1 rings (SSSR count). The highest BCUT2D eigenvalue weighted by Gasteiger charge is 2.23. The largest absolute Gasteiger partial charge is 0.485 e. The lowest BCUT2D eigenvalue weighted by molar-refractivity contribution is -0.385. The lowest BCUT2D eigenvalue weighted by atomic mass is 10.2. The van der Waals surface area contributed by atoms with Gasteiger partial charge in [-0.05, 0) is 18.6 Å². The van der Waals surface area contributed by atoms with E-state index >= 15 is 0 Å². The third-order valence-corrected chi connectivity index (χ3v) is 2.74. The number of ether oxygens (including phenoxy) is 2. The zero-order valence-corrected chi connectivity index (χ0v) is 12.6. The number of nitrogens with one attached hydrogen (secondary N) is 1. The molecule has 0 bridgehead atoms. The van der Waals surface area contributed by atoms with Crippen molar-refractivity contribution in [1.29, 1.82) is 0 Å². The van der Waals surface area contributed by atoms with Crippen LogP contribution in [0.15, 0.2) is 18.2 Å². The zero-order valence-electron chi connectivity index (χ0n) is 12.6. The summed E-state index contributed by atoms with van der Waals surface area (Å²) in [6.45, 7) is 5.52. The Balaban J connectivity index is 2.86. The Hall–Kier alpha value is -2.15. The van der Waals surface area contributed by atoms with Crippen LogP contribution < -0.4 is 10.1 Å². The number of aryl methyl sites for hydroxylation is 1. The molecule has 0 fully saturated rings. The van der Waals surface area contributed by atoms with Crippen molar-refractivity contribution in [2.24, 2.45) is 0 Å². The number of rotatable bonds is 7. The Morgan fingerprint density at radius 1 is 1.43 bits per heavy atom. The first-order chi connectivity index (χ1) is 9.85. The first-order valence-electron chi connectivity index (χ1n) is 6.57. The third kappa shape index (κ3) is 5.03. The summed E-state index contributed by atoms with van der Waals surface area (Å²) in [5.41, 5.74) is 0.704. The summed E-state index contributed by atoms with van der Waals surface area (Å²) in [6, 6.07) is 3.95. The third-order valence-electron chi connectivity index (χ3n) is 2.74. The first-order valence-corrected chi connectivity index (χ1v) is 6.57. The van der Waals surface area contributed by atoms with Gasteiger partial charge in [0, 0.05) is 12.1 Å². The maximum absolute atomic E-state index is 11.7. The predicted molar refractivity (Wildman–Crippen MR) is 77.4 cm³/mol. The molecule has 0 heterocycles. The van der Waals surface area contributed by atoms with Gasteiger partial charge in [-0.15, -0.1) is 0 Å². The number of nitro benzene ring substituents is 1. The highest BCUT2D eigenvalue weighted by atomic mass is 16.6. The average Bonchev–Trinajstić information content (AvgIpc) is 2.41.